The molecule has 0 aromatic heterocycles. The van der Waals surface area contributed by atoms with Crippen molar-refractivity contribution < 1.29 is 9.84 Å². The third-order valence-corrected chi connectivity index (χ3v) is 4.11. The highest BCUT2D eigenvalue weighted by atomic mass is 16.5. The van der Waals surface area contributed by atoms with Crippen molar-refractivity contribution in [2.75, 3.05) is 13.2 Å². The third-order valence-electron chi connectivity index (χ3n) is 4.11. The number of benzene rings is 1. The Hall–Kier alpha value is -1.22. The van der Waals surface area contributed by atoms with Crippen LogP contribution in [0.15, 0.2) is 18.2 Å². The zero-order valence-electron chi connectivity index (χ0n) is 10.4. The van der Waals surface area contributed by atoms with E-state index in [2.05, 4.69) is 19.2 Å². The van der Waals surface area contributed by atoms with Crippen LogP contribution in [0.4, 0.5) is 0 Å². The molecular weight excluding hydrogens is 214 g/mol. The second-order valence-corrected chi connectivity index (χ2v) is 5.88. The Bertz CT molecular complexity index is 442. The maximum absolute atomic E-state index is 9.38. The summed E-state index contributed by atoms with van der Waals surface area (Å²) in [5, 5.41) is 12.9. The van der Waals surface area contributed by atoms with E-state index in [1.54, 1.807) is 12.1 Å². The van der Waals surface area contributed by atoms with Gasteiger partial charge in [0, 0.05) is 11.6 Å². The maximum atomic E-state index is 9.38. The van der Waals surface area contributed by atoms with E-state index >= 15 is 0 Å². The van der Waals surface area contributed by atoms with Gasteiger partial charge in [0.2, 0.25) is 0 Å². The first-order valence-electron chi connectivity index (χ1n) is 6.25. The van der Waals surface area contributed by atoms with Crippen molar-refractivity contribution in [3.63, 3.8) is 0 Å². The number of hydrogen-bond donors (Lipinski definition) is 2. The molecule has 0 radical (unpaired) electrons. The molecule has 1 aliphatic heterocycles. The molecule has 1 aromatic carbocycles. The molecule has 0 amide bonds. The van der Waals surface area contributed by atoms with E-state index in [1.807, 2.05) is 6.07 Å². The first-order chi connectivity index (χ1) is 8.06. The van der Waals surface area contributed by atoms with Crippen LogP contribution in [0, 0.1) is 11.3 Å². The minimum atomic E-state index is 0.271. The summed E-state index contributed by atoms with van der Waals surface area (Å²) in [5.74, 6) is 1.88. The largest absolute Gasteiger partial charge is 0.508 e. The number of phenolic OH excluding ortho intramolecular Hbond substituents is 1. The average Bonchev–Trinajstić information content (AvgIpc) is 2.71. The molecule has 2 N–H and O–H groups in total. The van der Waals surface area contributed by atoms with Gasteiger partial charge in [0.1, 0.15) is 18.1 Å². The summed E-state index contributed by atoms with van der Waals surface area (Å²) in [6, 6.07) is 5.65. The van der Waals surface area contributed by atoms with Crippen molar-refractivity contribution in [1.29, 1.82) is 0 Å². The molecule has 1 aromatic rings. The normalized spacial score (nSPS) is 28.6. The Balaban J connectivity index is 1.64. The topological polar surface area (TPSA) is 41.5 Å². The lowest BCUT2D eigenvalue weighted by molar-refractivity contribution is 0.306. The highest BCUT2D eigenvalue weighted by molar-refractivity contribution is 5.44. The van der Waals surface area contributed by atoms with Crippen molar-refractivity contribution in [2.24, 2.45) is 11.3 Å². The van der Waals surface area contributed by atoms with Crippen LogP contribution in [0.3, 0.4) is 0 Å². The van der Waals surface area contributed by atoms with Crippen LogP contribution in [-0.4, -0.2) is 18.3 Å². The molecule has 3 heteroatoms. The molecule has 1 heterocycles. The molecular formula is C14H19NO2. The van der Waals surface area contributed by atoms with E-state index in [0.717, 1.165) is 18.2 Å². The minimum Gasteiger partial charge on any atom is -0.508 e. The molecule has 0 spiro atoms. The number of phenols is 1. The van der Waals surface area contributed by atoms with Crippen molar-refractivity contribution in [3.8, 4) is 11.5 Å². The first kappa shape index (κ1) is 10.9. The molecule has 3 rings (SSSR count). The Morgan fingerprint density at radius 2 is 2.24 bits per heavy atom. The fourth-order valence-electron chi connectivity index (χ4n) is 2.58. The SMILES string of the molecule is CC1(C)CC1CNC1COc2cc(O)ccc21. The predicted molar refractivity (Wildman–Crippen MR) is 66.2 cm³/mol. The molecule has 92 valence electrons. The molecule has 3 nitrogen and oxygen atoms in total. The summed E-state index contributed by atoms with van der Waals surface area (Å²) in [7, 11) is 0. The summed E-state index contributed by atoms with van der Waals surface area (Å²) in [6.45, 7) is 6.36. The van der Waals surface area contributed by atoms with Gasteiger partial charge in [-0.1, -0.05) is 13.8 Å². The predicted octanol–water partition coefficient (Wildman–Crippen LogP) is 2.46. The molecule has 0 bridgehead atoms. The summed E-state index contributed by atoms with van der Waals surface area (Å²) in [5.41, 5.74) is 1.69. The lowest BCUT2D eigenvalue weighted by Gasteiger charge is -2.12. The summed E-state index contributed by atoms with van der Waals surface area (Å²) in [4.78, 5) is 0. The number of fused-ring (bicyclic) bond motifs is 1. The van der Waals surface area contributed by atoms with Crippen LogP contribution < -0.4 is 10.1 Å². The zero-order chi connectivity index (χ0) is 12.0. The molecule has 2 aliphatic rings. The van der Waals surface area contributed by atoms with Crippen molar-refractivity contribution in [2.45, 2.75) is 26.3 Å². The van der Waals surface area contributed by atoms with Gasteiger partial charge in [-0.3, -0.25) is 0 Å². The van der Waals surface area contributed by atoms with Crippen molar-refractivity contribution in [1.82, 2.24) is 5.32 Å². The van der Waals surface area contributed by atoms with E-state index in [0.29, 0.717) is 12.0 Å². The third kappa shape index (κ3) is 2.00. The molecule has 1 fully saturated rings. The fourth-order valence-corrected chi connectivity index (χ4v) is 2.58. The van der Waals surface area contributed by atoms with E-state index < -0.39 is 0 Å². The Morgan fingerprint density at radius 1 is 1.47 bits per heavy atom. The Kier molecular flexibility index (Phi) is 2.33. The lowest BCUT2D eigenvalue weighted by Crippen LogP contribution is -2.25. The van der Waals surface area contributed by atoms with Crippen molar-refractivity contribution in [3.05, 3.63) is 23.8 Å². The number of ether oxygens (including phenoxy) is 1. The van der Waals surface area contributed by atoms with Crippen LogP contribution >= 0.6 is 0 Å². The van der Waals surface area contributed by atoms with E-state index in [1.165, 1.54) is 12.0 Å². The zero-order valence-corrected chi connectivity index (χ0v) is 10.4. The number of nitrogens with one attached hydrogen (secondary N) is 1. The molecule has 2 unspecified atom stereocenters. The average molecular weight is 233 g/mol. The first-order valence-corrected chi connectivity index (χ1v) is 6.25. The van der Waals surface area contributed by atoms with Crippen LogP contribution in [0.25, 0.3) is 0 Å². The summed E-state index contributed by atoms with van der Waals surface area (Å²) in [6.07, 6.45) is 1.32. The molecule has 17 heavy (non-hydrogen) atoms. The van der Waals surface area contributed by atoms with Gasteiger partial charge in [-0.15, -0.1) is 0 Å². The van der Waals surface area contributed by atoms with Gasteiger partial charge in [0.15, 0.2) is 0 Å². The van der Waals surface area contributed by atoms with Crippen LogP contribution in [0.1, 0.15) is 31.9 Å². The highest BCUT2D eigenvalue weighted by Crippen LogP contribution is 2.51. The minimum absolute atomic E-state index is 0.271. The number of aromatic hydroxyl groups is 1. The van der Waals surface area contributed by atoms with Gasteiger partial charge >= 0.3 is 0 Å². The molecule has 2 atom stereocenters. The molecule has 1 aliphatic carbocycles. The standard InChI is InChI=1S/C14H19NO2/c1-14(2)6-9(14)7-15-12-8-17-13-5-10(16)3-4-11(12)13/h3-5,9,12,15-16H,6-8H2,1-2H3. The van der Waals surface area contributed by atoms with Gasteiger partial charge in [-0.25, -0.2) is 0 Å². The van der Waals surface area contributed by atoms with Gasteiger partial charge in [-0.2, -0.15) is 0 Å². The number of rotatable bonds is 3. The quantitative estimate of drug-likeness (QED) is 0.842. The fraction of sp³-hybridized carbons (Fsp3) is 0.571. The maximum Gasteiger partial charge on any atom is 0.127 e. The van der Waals surface area contributed by atoms with Crippen LogP contribution in [0.5, 0.6) is 11.5 Å². The lowest BCUT2D eigenvalue weighted by atomic mass is 10.1. The highest BCUT2D eigenvalue weighted by Gasteiger charge is 2.45. The monoisotopic (exact) mass is 233 g/mol. The second kappa shape index (κ2) is 3.64. The Labute approximate surface area is 102 Å². The van der Waals surface area contributed by atoms with Gasteiger partial charge < -0.3 is 15.2 Å². The van der Waals surface area contributed by atoms with Crippen molar-refractivity contribution >= 4 is 0 Å². The van der Waals surface area contributed by atoms with Gasteiger partial charge in [-0.05, 0) is 36.4 Å². The van der Waals surface area contributed by atoms with E-state index in [-0.39, 0.29) is 11.8 Å². The van der Waals surface area contributed by atoms with E-state index in [9.17, 15) is 5.11 Å². The summed E-state index contributed by atoms with van der Waals surface area (Å²) >= 11 is 0. The second-order valence-electron chi connectivity index (χ2n) is 5.88. The summed E-state index contributed by atoms with van der Waals surface area (Å²) < 4.78 is 5.57. The van der Waals surface area contributed by atoms with Gasteiger partial charge in [0.05, 0.1) is 6.04 Å². The molecule has 0 saturated heterocycles. The van der Waals surface area contributed by atoms with Crippen LogP contribution in [-0.2, 0) is 0 Å². The number of hydrogen-bond acceptors (Lipinski definition) is 3. The van der Waals surface area contributed by atoms with Crippen LogP contribution in [0.2, 0.25) is 0 Å². The van der Waals surface area contributed by atoms with Gasteiger partial charge in [0.25, 0.3) is 0 Å². The smallest absolute Gasteiger partial charge is 0.127 e. The molecule has 1 saturated carbocycles. The Morgan fingerprint density at radius 3 is 2.94 bits per heavy atom. The van der Waals surface area contributed by atoms with E-state index in [4.69, 9.17) is 4.74 Å².